The SMILES string of the molecule is Cc1scc2c1CCC(C)(NC(=O)OC(C)(C)C)C2. The summed E-state index contributed by atoms with van der Waals surface area (Å²) in [7, 11) is 0. The van der Waals surface area contributed by atoms with Gasteiger partial charge in [-0.3, -0.25) is 0 Å². The lowest BCUT2D eigenvalue weighted by Crippen LogP contribution is -2.51. The Morgan fingerprint density at radius 1 is 1.47 bits per heavy atom. The summed E-state index contributed by atoms with van der Waals surface area (Å²) in [6.45, 7) is 9.93. The number of nitrogens with one attached hydrogen (secondary N) is 1. The third-order valence-corrected chi connectivity index (χ3v) is 4.50. The van der Waals surface area contributed by atoms with E-state index in [0.717, 1.165) is 19.3 Å². The van der Waals surface area contributed by atoms with E-state index in [1.807, 2.05) is 20.8 Å². The zero-order chi connectivity index (χ0) is 14.3. The minimum absolute atomic E-state index is 0.192. The maximum Gasteiger partial charge on any atom is 0.408 e. The third-order valence-electron chi connectivity index (χ3n) is 3.50. The summed E-state index contributed by atoms with van der Waals surface area (Å²) in [5, 5.41) is 5.27. The number of thiophene rings is 1. The van der Waals surface area contributed by atoms with Crippen molar-refractivity contribution in [3.8, 4) is 0 Å². The number of hydrogen-bond donors (Lipinski definition) is 1. The van der Waals surface area contributed by atoms with Gasteiger partial charge in [0, 0.05) is 10.4 Å². The van der Waals surface area contributed by atoms with Crippen LogP contribution in [0.2, 0.25) is 0 Å². The molecule has 1 aliphatic rings. The van der Waals surface area contributed by atoms with Crippen molar-refractivity contribution in [2.75, 3.05) is 0 Å². The first kappa shape index (κ1) is 14.4. The van der Waals surface area contributed by atoms with E-state index in [1.165, 1.54) is 16.0 Å². The predicted molar refractivity (Wildman–Crippen MR) is 78.9 cm³/mol. The molecule has 0 saturated carbocycles. The molecule has 0 radical (unpaired) electrons. The molecule has 1 aromatic rings. The molecule has 1 atom stereocenters. The van der Waals surface area contributed by atoms with Gasteiger partial charge in [-0.1, -0.05) is 0 Å². The molecule has 0 fully saturated rings. The first-order valence-electron chi connectivity index (χ1n) is 6.76. The summed E-state index contributed by atoms with van der Waals surface area (Å²) in [4.78, 5) is 13.3. The molecular formula is C15H23NO2S. The second kappa shape index (κ2) is 4.82. The van der Waals surface area contributed by atoms with Crippen LogP contribution in [0.15, 0.2) is 5.38 Å². The first-order chi connectivity index (χ1) is 8.69. The molecule has 106 valence electrons. The highest BCUT2D eigenvalue weighted by atomic mass is 32.1. The average Bonchev–Trinajstić information content (AvgIpc) is 2.55. The molecule has 0 spiro atoms. The Labute approximate surface area is 119 Å². The average molecular weight is 281 g/mol. The molecule has 1 amide bonds. The summed E-state index contributed by atoms with van der Waals surface area (Å²) in [6, 6.07) is 0. The molecular weight excluding hydrogens is 258 g/mol. The number of alkyl carbamates (subject to hydrolysis) is 1. The van der Waals surface area contributed by atoms with Crippen LogP contribution in [0.3, 0.4) is 0 Å². The smallest absolute Gasteiger partial charge is 0.408 e. The fourth-order valence-electron chi connectivity index (χ4n) is 2.58. The Morgan fingerprint density at radius 2 is 2.16 bits per heavy atom. The van der Waals surface area contributed by atoms with E-state index in [-0.39, 0.29) is 11.6 Å². The van der Waals surface area contributed by atoms with E-state index in [2.05, 4.69) is 24.5 Å². The zero-order valence-corrected chi connectivity index (χ0v) is 13.2. The second-order valence-corrected chi connectivity index (χ2v) is 7.74. The zero-order valence-electron chi connectivity index (χ0n) is 12.4. The van der Waals surface area contributed by atoms with E-state index in [0.29, 0.717) is 0 Å². The molecule has 3 nitrogen and oxygen atoms in total. The number of aryl methyl sites for hydroxylation is 1. The standard InChI is InChI=1S/C15H23NO2S/c1-10-12-6-7-15(5,8-11(12)9-19-10)16-13(17)18-14(2,3)4/h9H,6-8H2,1-5H3,(H,16,17). The molecule has 1 aromatic heterocycles. The number of carbonyl (C=O) groups excluding carboxylic acids is 1. The molecule has 0 aromatic carbocycles. The number of ether oxygens (including phenoxy) is 1. The lowest BCUT2D eigenvalue weighted by molar-refractivity contribution is 0.0455. The van der Waals surface area contributed by atoms with Crippen LogP contribution in [-0.4, -0.2) is 17.2 Å². The molecule has 0 bridgehead atoms. The van der Waals surface area contributed by atoms with Crippen molar-refractivity contribution in [3.05, 3.63) is 21.4 Å². The molecule has 1 heterocycles. The molecule has 4 heteroatoms. The van der Waals surface area contributed by atoms with Crippen molar-refractivity contribution < 1.29 is 9.53 Å². The van der Waals surface area contributed by atoms with Crippen LogP contribution in [0, 0.1) is 6.92 Å². The highest BCUT2D eigenvalue weighted by molar-refractivity contribution is 7.10. The van der Waals surface area contributed by atoms with Gasteiger partial charge < -0.3 is 10.1 Å². The summed E-state index contributed by atoms with van der Waals surface area (Å²) < 4.78 is 5.35. The van der Waals surface area contributed by atoms with Gasteiger partial charge in [0.1, 0.15) is 5.60 Å². The summed E-state index contributed by atoms with van der Waals surface area (Å²) in [6.07, 6.45) is 2.59. The van der Waals surface area contributed by atoms with Crippen LogP contribution in [0.5, 0.6) is 0 Å². The largest absolute Gasteiger partial charge is 0.444 e. The molecule has 19 heavy (non-hydrogen) atoms. The Hall–Kier alpha value is -1.03. The van der Waals surface area contributed by atoms with Gasteiger partial charge >= 0.3 is 6.09 Å². The van der Waals surface area contributed by atoms with Gasteiger partial charge in [-0.05, 0) is 70.4 Å². The molecule has 0 saturated heterocycles. The van der Waals surface area contributed by atoms with Crippen LogP contribution in [0.1, 0.15) is 50.1 Å². The van der Waals surface area contributed by atoms with Crippen molar-refractivity contribution in [2.45, 2.75) is 65.0 Å². The van der Waals surface area contributed by atoms with E-state index in [1.54, 1.807) is 11.3 Å². The number of fused-ring (bicyclic) bond motifs is 1. The normalized spacial score (nSPS) is 22.8. The lowest BCUT2D eigenvalue weighted by Gasteiger charge is -2.35. The minimum Gasteiger partial charge on any atom is -0.444 e. The first-order valence-corrected chi connectivity index (χ1v) is 7.63. The maximum absolute atomic E-state index is 11.9. The topological polar surface area (TPSA) is 38.3 Å². The molecule has 1 unspecified atom stereocenters. The fourth-order valence-corrected chi connectivity index (χ4v) is 3.50. The minimum atomic E-state index is -0.445. The van der Waals surface area contributed by atoms with Crippen molar-refractivity contribution >= 4 is 17.4 Å². The van der Waals surface area contributed by atoms with E-state index >= 15 is 0 Å². The van der Waals surface area contributed by atoms with Crippen LogP contribution >= 0.6 is 11.3 Å². The quantitative estimate of drug-likeness (QED) is 0.849. The Morgan fingerprint density at radius 3 is 2.79 bits per heavy atom. The monoisotopic (exact) mass is 281 g/mol. The van der Waals surface area contributed by atoms with E-state index < -0.39 is 5.60 Å². The molecule has 1 N–H and O–H groups in total. The van der Waals surface area contributed by atoms with Gasteiger partial charge in [0.05, 0.1) is 0 Å². The number of rotatable bonds is 1. The van der Waals surface area contributed by atoms with Crippen molar-refractivity contribution in [3.63, 3.8) is 0 Å². The maximum atomic E-state index is 11.9. The van der Waals surface area contributed by atoms with Crippen LogP contribution < -0.4 is 5.32 Å². The Kier molecular flexibility index (Phi) is 3.65. The van der Waals surface area contributed by atoms with Crippen molar-refractivity contribution in [2.24, 2.45) is 0 Å². The van der Waals surface area contributed by atoms with E-state index in [9.17, 15) is 4.79 Å². The van der Waals surface area contributed by atoms with Crippen LogP contribution in [-0.2, 0) is 17.6 Å². The summed E-state index contributed by atoms with van der Waals surface area (Å²) in [5.41, 5.74) is 2.23. The Balaban J connectivity index is 2.04. The molecule has 0 aliphatic heterocycles. The van der Waals surface area contributed by atoms with Crippen LogP contribution in [0.25, 0.3) is 0 Å². The van der Waals surface area contributed by atoms with E-state index in [4.69, 9.17) is 4.74 Å². The van der Waals surface area contributed by atoms with Crippen LogP contribution in [0.4, 0.5) is 4.79 Å². The number of hydrogen-bond acceptors (Lipinski definition) is 3. The van der Waals surface area contributed by atoms with Gasteiger partial charge in [0.25, 0.3) is 0 Å². The summed E-state index contributed by atoms with van der Waals surface area (Å²) in [5.74, 6) is 0. The van der Waals surface area contributed by atoms with Gasteiger partial charge in [0.15, 0.2) is 0 Å². The number of amides is 1. The fraction of sp³-hybridized carbons (Fsp3) is 0.667. The molecule has 1 aliphatic carbocycles. The summed E-state index contributed by atoms with van der Waals surface area (Å²) >= 11 is 1.81. The number of carbonyl (C=O) groups is 1. The van der Waals surface area contributed by atoms with Gasteiger partial charge in [-0.15, -0.1) is 11.3 Å². The highest BCUT2D eigenvalue weighted by Crippen LogP contribution is 2.34. The van der Waals surface area contributed by atoms with Gasteiger partial charge in [-0.2, -0.15) is 0 Å². The van der Waals surface area contributed by atoms with Crippen molar-refractivity contribution in [1.82, 2.24) is 5.32 Å². The van der Waals surface area contributed by atoms with Gasteiger partial charge in [0.2, 0.25) is 0 Å². The second-order valence-electron chi connectivity index (χ2n) is 6.66. The van der Waals surface area contributed by atoms with Gasteiger partial charge in [-0.25, -0.2) is 4.79 Å². The third kappa shape index (κ3) is 3.50. The van der Waals surface area contributed by atoms with Crippen molar-refractivity contribution in [1.29, 1.82) is 0 Å². The molecule has 2 rings (SSSR count). The Bertz CT molecular complexity index is 487. The predicted octanol–water partition coefficient (Wildman–Crippen LogP) is 3.83. The highest BCUT2D eigenvalue weighted by Gasteiger charge is 2.33. The lowest BCUT2D eigenvalue weighted by atomic mass is 9.80.